The standard InChI is InChI=1S/C32H20N2O2S6/c1-15-3-5-17(37-15)19-7-9-21(39-19)23-11-13-25(41-23)29-27-28(32(36)33-29)30(34-31(27)35)26-14-12-24(42-26)22-10-8-20(40-22)18-6-4-16(2)38-18/h3-14H,1-2H3,(H,33,36)(H,34,35). The van der Waals surface area contributed by atoms with Crippen molar-refractivity contribution < 1.29 is 9.59 Å². The molecule has 8 heterocycles. The molecule has 2 aliphatic rings. The van der Waals surface area contributed by atoms with Gasteiger partial charge in [0, 0.05) is 48.8 Å². The lowest BCUT2D eigenvalue weighted by Gasteiger charge is -2.04. The Morgan fingerprint density at radius 1 is 0.381 bits per heavy atom. The number of hydrogen-bond donors (Lipinski definition) is 2. The molecule has 0 aliphatic carbocycles. The van der Waals surface area contributed by atoms with Gasteiger partial charge in [-0.1, -0.05) is 0 Å². The molecule has 0 spiro atoms. The van der Waals surface area contributed by atoms with Crippen LogP contribution < -0.4 is 10.6 Å². The van der Waals surface area contributed by atoms with E-state index in [-0.39, 0.29) is 11.8 Å². The number of amides is 2. The van der Waals surface area contributed by atoms with Crippen molar-refractivity contribution in [1.82, 2.24) is 10.6 Å². The van der Waals surface area contributed by atoms with Crippen LogP contribution in [0.15, 0.2) is 83.9 Å². The minimum absolute atomic E-state index is 0.240. The minimum Gasteiger partial charge on any atom is -0.320 e. The van der Waals surface area contributed by atoms with E-state index >= 15 is 0 Å². The van der Waals surface area contributed by atoms with Crippen LogP contribution in [0.5, 0.6) is 0 Å². The molecule has 10 heteroatoms. The maximum absolute atomic E-state index is 13.3. The monoisotopic (exact) mass is 656 g/mol. The van der Waals surface area contributed by atoms with E-state index in [4.69, 9.17) is 0 Å². The Kier molecular flexibility index (Phi) is 6.33. The predicted octanol–water partition coefficient (Wildman–Crippen LogP) is 9.72. The zero-order valence-electron chi connectivity index (χ0n) is 22.2. The first-order valence-corrected chi connectivity index (χ1v) is 18.0. The molecule has 42 heavy (non-hydrogen) atoms. The molecule has 0 atom stereocenters. The normalized spacial score (nSPS) is 14.7. The summed E-state index contributed by atoms with van der Waals surface area (Å²) in [6.07, 6.45) is 0. The third kappa shape index (κ3) is 4.41. The molecule has 0 saturated carbocycles. The fourth-order valence-corrected chi connectivity index (χ4v) is 11.2. The molecule has 0 fully saturated rings. The highest BCUT2D eigenvalue weighted by Crippen LogP contribution is 2.46. The quantitative estimate of drug-likeness (QED) is 0.188. The molecular formula is C32H20N2O2S6. The van der Waals surface area contributed by atoms with Gasteiger partial charge in [0.15, 0.2) is 0 Å². The van der Waals surface area contributed by atoms with E-state index < -0.39 is 0 Å². The number of hydrogen-bond acceptors (Lipinski definition) is 8. The smallest absolute Gasteiger partial charge is 0.258 e. The van der Waals surface area contributed by atoms with Gasteiger partial charge >= 0.3 is 0 Å². The number of carbonyl (C=O) groups is 2. The van der Waals surface area contributed by atoms with E-state index in [9.17, 15) is 9.59 Å². The molecule has 4 nitrogen and oxygen atoms in total. The van der Waals surface area contributed by atoms with Gasteiger partial charge in [-0.3, -0.25) is 9.59 Å². The maximum Gasteiger partial charge on any atom is 0.258 e. The van der Waals surface area contributed by atoms with E-state index in [1.54, 1.807) is 68.0 Å². The van der Waals surface area contributed by atoms with Crippen LogP contribution in [0, 0.1) is 13.8 Å². The molecule has 0 unspecified atom stereocenters. The SMILES string of the molecule is Cc1ccc(-c2ccc(-c3ccc(C4=C5C(=O)NC(c6ccc(-c7ccc(-c8ccc(C)s8)s7)s6)=C5C(=O)N4)s3)s2)s1. The minimum atomic E-state index is -0.240. The Balaban J connectivity index is 1.10. The molecular weight excluding hydrogens is 637 g/mol. The lowest BCUT2D eigenvalue weighted by atomic mass is 10.1. The van der Waals surface area contributed by atoms with Gasteiger partial charge < -0.3 is 10.6 Å². The van der Waals surface area contributed by atoms with Crippen LogP contribution in [0.4, 0.5) is 0 Å². The zero-order valence-corrected chi connectivity index (χ0v) is 27.1. The van der Waals surface area contributed by atoms with E-state index in [0.29, 0.717) is 22.5 Å². The van der Waals surface area contributed by atoms with Gasteiger partial charge in [-0.2, -0.15) is 0 Å². The van der Waals surface area contributed by atoms with Crippen LogP contribution in [0.2, 0.25) is 0 Å². The third-order valence-electron chi connectivity index (χ3n) is 7.05. The largest absolute Gasteiger partial charge is 0.320 e. The van der Waals surface area contributed by atoms with Crippen molar-refractivity contribution >= 4 is 91.2 Å². The van der Waals surface area contributed by atoms with Gasteiger partial charge in [0.1, 0.15) is 0 Å². The summed E-state index contributed by atoms with van der Waals surface area (Å²) in [6.45, 7) is 4.24. The van der Waals surface area contributed by atoms with Crippen LogP contribution in [-0.4, -0.2) is 11.8 Å². The molecule has 6 aromatic rings. The van der Waals surface area contributed by atoms with Crippen LogP contribution in [-0.2, 0) is 9.59 Å². The molecule has 6 aromatic heterocycles. The Morgan fingerprint density at radius 3 is 0.952 bits per heavy atom. The number of fused-ring (bicyclic) bond motifs is 1. The highest BCUT2D eigenvalue weighted by molar-refractivity contribution is 7.27. The molecule has 8 rings (SSSR count). The summed E-state index contributed by atoms with van der Waals surface area (Å²) in [4.78, 5) is 40.5. The van der Waals surface area contributed by atoms with Crippen LogP contribution in [0.1, 0.15) is 19.5 Å². The van der Waals surface area contributed by atoms with Gasteiger partial charge in [-0.25, -0.2) is 0 Å². The lowest BCUT2D eigenvalue weighted by Crippen LogP contribution is -2.20. The lowest BCUT2D eigenvalue weighted by molar-refractivity contribution is -0.117. The number of thiophene rings is 6. The van der Waals surface area contributed by atoms with Crippen molar-refractivity contribution in [3.63, 3.8) is 0 Å². The molecule has 0 bridgehead atoms. The van der Waals surface area contributed by atoms with Gasteiger partial charge in [0.05, 0.1) is 32.3 Å². The van der Waals surface area contributed by atoms with Crippen molar-refractivity contribution in [3.05, 3.63) is 103 Å². The first kappa shape index (κ1) is 26.3. The average Bonchev–Trinajstić information content (AvgIpc) is 3.80. The summed E-state index contributed by atoms with van der Waals surface area (Å²) in [6, 6.07) is 25.4. The van der Waals surface area contributed by atoms with Crippen LogP contribution in [0.25, 0.3) is 50.4 Å². The molecule has 0 radical (unpaired) electrons. The summed E-state index contributed by atoms with van der Waals surface area (Å²) < 4.78 is 0. The summed E-state index contributed by atoms with van der Waals surface area (Å²) in [5.74, 6) is -0.479. The highest BCUT2D eigenvalue weighted by Gasteiger charge is 2.41. The van der Waals surface area contributed by atoms with Crippen LogP contribution >= 0.6 is 68.0 Å². The van der Waals surface area contributed by atoms with Crippen LogP contribution in [0.3, 0.4) is 0 Å². The fourth-order valence-electron chi connectivity index (χ4n) is 5.10. The third-order valence-corrected chi connectivity index (χ3v) is 14.2. The topological polar surface area (TPSA) is 58.2 Å². The number of nitrogens with one attached hydrogen (secondary N) is 2. The van der Waals surface area contributed by atoms with Gasteiger partial charge in [-0.05, 0) is 86.6 Å². The Bertz CT molecular complexity index is 1970. The number of rotatable bonds is 6. The molecule has 206 valence electrons. The van der Waals surface area contributed by atoms with Gasteiger partial charge in [0.2, 0.25) is 0 Å². The predicted molar refractivity (Wildman–Crippen MR) is 181 cm³/mol. The van der Waals surface area contributed by atoms with E-state index in [1.807, 2.05) is 12.1 Å². The van der Waals surface area contributed by atoms with Crippen molar-refractivity contribution in [2.24, 2.45) is 0 Å². The highest BCUT2D eigenvalue weighted by atomic mass is 32.1. The number of aryl methyl sites for hydroxylation is 2. The van der Waals surface area contributed by atoms with Crippen molar-refractivity contribution in [1.29, 1.82) is 0 Å². The van der Waals surface area contributed by atoms with Gasteiger partial charge in [-0.15, -0.1) is 68.0 Å². The Morgan fingerprint density at radius 2 is 0.643 bits per heavy atom. The summed E-state index contributed by atoms with van der Waals surface area (Å²) >= 11 is 10.3. The summed E-state index contributed by atoms with van der Waals surface area (Å²) in [5.41, 5.74) is 2.06. The first-order valence-electron chi connectivity index (χ1n) is 13.1. The van der Waals surface area contributed by atoms with Crippen molar-refractivity contribution in [3.8, 4) is 39.0 Å². The van der Waals surface area contributed by atoms with Crippen molar-refractivity contribution in [2.45, 2.75) is 13.8 Å². The second-order valence-corrected chi connectivity index (χ2v) is 16.8. The van der Waals surface area contributed by atoms with Gasteiger partial charge in [0.25, 0.3) is 11.8 Å². The van der Waals surface area contributed by atoms with E-state index in [2.05, 4.69) is 85.1 Å². The molecule has 2 amide bonds. The second kappa shape index (κ2) is 10.1. The molecule has 2 aliphatic heterocycles. The Hall–Kier alpha value is -3.38. The summed E-state index contributed by atoms with van der Waals surface area (Å²) in [5, 5.41) is 6.02. The zero-order chi connectivity index (χ0) is 28.5. The van der Waals surface area contributed by atoms with E-state index in [0.717, 1.165) is 19.5 Å². The molecule has 2 N–H and O–H groups in total. The van der Waals surface area contributed by atoms with E-state index in [1.165, 1.54) is 39.0 Å². The van der Waals surface area contributed by atoms with Crippen molar-refractivity contribution in [2.75, 3.05) is 0 Å². The summed E-state index contributed by atoms with van der Waals surface area (Å²) in [7, 11) is 0. The number of carbonyl (C=O) groups excluding carboxylic acids is 2. The average molecular weight is 657 g/mol. The molecule has 0 saturated heterocycles. The second-order valence-electron chi connectivity index (χ2n) is 9.88. The maximum atomic E-state index is 13.3. The fraction of sp³-hybridized carbons (Fsp3) is 0.0625. The Labute approximate surface area is 266 Å². The molecule has 0 aromatic carbocycles. The first-order chi connectivity index (χ1) is 20.4.